The minimum absolute atomic E-state index is 0.130. The summed E-state index contributed by atoms with van der Waals surface area (Å²) >= 11 is 6.41. The SMILES string of the molecule is CCC(CC)CC1CC(c2onc(C(CC(=O)OC(C)(C)C)CC(O)Nc3ccc(C)cc3Cl)c2C2CC2)C1. The summed E-state index contributed by atoms with van der Waals surface area (Å²) in [4.78, 5) is 13.0. The van der Waals surface area contributed by atoms with Crippen LogP contribution in [0.1, 0.15) is 133 Å². The van der Waals surface area contributed by atoms with Gasteiger partial charge in [-0.15, -0.1) is 0 Å². The molecule has 2 N–H and O–H groups in total. The lowest BCUT2D eigenvalue weighted by Crippen LogP contribution is -2.28. The van der Waals surface area contributed by atoms with E-state index in [4.69, 9.17) is 20.9 Å². The summed E-state index contributed by atoms with van der Waals surface area (Å²) in [5.41, 5.74) is 3.13. The highest BCUT2D eigenvalue weighted by Gasteiger charge is 2.42. The van der Waals surface area contributed by atoms with Gasteiger partial charge in [-0.25, -0.2) is 0 Å². The van der Waals surface area contributed by atoms with Crippen molar-refractivity contribution in [2.45, 2.75) is 129 Å². The van der Waals surface area contributed by atoms with Crippen LogP contribution in [-0.4, -0.2) is 28.1 Å². The number of aliphatic hydroxyl groups excluding tert-OH is 1. The number of nitrogens with one attached hydrogen (secondary N) is 1. The molecule has 7 heteroatoms. The van der Waals surface area contributed by atoms with E-state index in [1.54, 1.807) is 0 Å². The molecule has 6 nitrogen and oxygen atoms in total. The molecule has 2 saturated carbocycles. The number of halogens is 1. The first-order valence-corrected chi connectivity index (χ1v) is 15.3. The standard InChI is InChI=1S/C32H47ClN2O4/c1-7-20(8-2)14-21-15-24(16-21)31-29(22-10-11-22)30(35-39-31)23(18-28(37)38-32(4,5)6)17-27(36)34-26-12-9-19(3)13-25(26)33/h9,12-13,20-24,27,34,36H,7-8,10-11,14-18H2,1-6H3. The van der Waals surface area contributed by atoms with Crippen LogP contribution in [0.2, 0.25) is 5.02 Å². The largest absolute Gasteiger partial charge is 0.460 e. The summed E-state index contributed by atoms with van der Waals surface area (Å²) in [6.07, 6.45) is 7.82. The third kappa shape index (κ3) is 8.00. The number of carbonyl (C=O) groups excluding carboxylic acids is 1. The summed E-state index contributed by atoms with van der Waals surface area (Å²) in [5.74, 6) is 2.77. The minimum Gasteiger partial charge on any atom is -0.460 e. The van der Waals surface area contributed by atoms with Crippen LogP contribution >= 0.6 is 11.6 Å². The van der Waals surface area contributed by atoms with E-state index >= 15 is 0 Å². The maximum Gasteiger partial charge on any atom is 0.306 e. The lowest BCUT2D eigenvalue weighted by atomic mass is 9.68. The zero-order chi connectivity index (χ0) is 28.3. The Bertz CT molecular complexity index is 1110. The summed E-state index contributed by atoms with van der Waals surface area (Å²) in [5, 5.41) is 19.3. The summed E-state index contributed by atoms with van der Waals surface area (Å²) in [7, 11) is 0. The van der Waals surface area contributed by atoms with Crippen LogP contribution in [0.25, 0.3) is 0 Å². The molecule has 2 aromatic rings. The highest BCUT2D eigenvalue weighted by atomic mass is 35.5. The van der Waals surface area contributed by atoms with Crippen molar-refractivity contribution in [3.8, 4) is 0 Å². The molecular formula is C32H47ClN2O4. The average Bonchev–Trinajstić information content (AvgIpc) is 3.57. The van der Waals surface area contributed by atoms with Crippen LogP contribution < -0.4 is 5.32 Å². The topological polar surface area (TPSA) is 84.6 Å². The molecule has 2 atom stereocenters. The molecule has 1 heterocycles. The van der Waals surface area contributed by atoms with Gasteiger partial charge in [0.05, 0.1) is 22.8 Å². The molecule has 2 aliphatic carbocycles. The molecular weight excluding hydrogens is 512 g/mol. The second-order valence-electron chi connectivity index (χ2n) is 12.9. The van der Waals surface area contributed by atoms with Crippen molar-refractivity contribution < 1.29 is 19.2 Å². The van der Waals surface area contributed by atoms with Gasteiger partial charge < -0.3 is 19.7 Å². The normalized spacial score (nSPS) is 20.9. The van der Waals surface area contributed by atoms with Gasteiger partial charge in [0.15, 0.2) is 0 Å². The fourth-order valence-electron chi connectivity index (χ4n) is 6.05. The molecule has 0 bridgehead atoms. The van der Waals surface area contributed by atoms with Gasteiger partial charge in [-0.05, 0) is 95.2 Å². The zero-order valence-electron chi connectivity index (χ0n) is 24.6. The van der Waals surface area contributed by atoms with E-state index in [0.29, 0.717) is 22.5 Å². The Morgan fingerprint density at radius 2 is 1.90 bits per heavy atom. The van der Waals surface area contributed by atoms with Crippen LogP contribution in [-0.2, 0) is 9.53 Å². The van der Waals surface area contributed by atoms with Crippen molar-refractivity contribution in [1.82, 2.24) is 5.16 Å². The number of esters is 1. The number of hydrogen-bond acceptors (Lipinski definition) is 6. The van der Waals surface area contributed by atoms with Crippen LogP contribution in [0.4, 0.5) is 5.69 Å². The fourth-order valence-corrected chi connectivity index (χ4v) is 6.34. The zero-order valence-corrected chi connectivity index (χ0v) is 25.3. The third-order valence-electron chi connectivity index (χ3n) is 8.37. The van der Waals surface area contributed by atoms with E-state index in [-0.39, 0.29) is 24.7 Å². The van der Waals surface area contributed by atoms with Crippen molar-refractivity contribution in [3.05, 3.63) is 45.8 Å². The van der Waals surface area contributed by atoms with E-state index in [1.807, 2.05) is 45.9 Å². The van der Waals surface area contributed by atoms with Gasteiger partial charge in [0, 0.05) is 23.8 Å². The number of aryl methyl sites for hydroxylation is 1. The molecule has 2 aliphatic rings. The number of nitrogens with zero attached hydrogens (tertiary/aromatic N) is 1. The number of carbonyl (C=O) groups is 1. The van der Waals surface area contributed by atoms with Gasteiger partial charge >= 0.3 is 5.97 Å². The number of aliphatic hydroxyl groups is 1. The van der Waals surface area contributed by atoms with E-state index in [0.717, 1.165) is 54.5 Å². The molecule has 0 spiro atoms. The Hall–Kier alpha value is -2.05. The van der Waals surface area contributed by atoms with E-state index < -0.39 is 11.8 Å². The molecule has 1 aromatic carbocycles. The van der Waals surface area contributed by atoms with Crippen molar-refractivity contribution >= 4 is 23.3 Å². The summed E-state index contributed by atoms with van der Waals surface area (Å²) in [6, 6.07) is 5.67. The first kappa shape index (κ1) is 29.9. The highest BCUT2D eigenvalue weighted by Crippen LogP contribution is 2.53. The molecule has 0 aliphatic heterocycles. The Morgan fingerprint density at radius 3 is 2.49 bits per heavy atom. The molecule has 1 aromatic heterocycles. The first-order valence-electron chi connectivity index (χ1n) is 14.9. The highest BCUT2D eigenvalue weighted by molar-refractivity contribution is 6.33. The Kier molecular flexibility index (Phi) is 9.69. The lowest BCUT2D eigenvalue weighted by molar-refractivity contribution is -0.155. The quantitative estimate of drug-likeness (QED) is 0.189. The number of anilines is 1. The predicted octanol–water partition coefficient (Wildman–Crippen LogP) is 8.47. The number of hydrogen-bond donors (Lipinski definition) is 2. The van der Waals surface area contributed by atoms with Gasteiger partial charge in [0.2, 0.25) is 0 Å². The molecule has 2 unspecified atom stereocenters. The summed E-state index contributed by atoms with van der Waals surface area (Å²) in [6.45, 7) is 12.2. The predicted molar refractivity (Wildman–Crippen MR) is 156 cm³/mol. The molecule has 4 rings (SSSR count). The Morgan fingerprint density at radius 1 is 1.21 bits per heavy atom. The van der Waals surface area contributed by atoms with Crippen LogP contribution in [0.5, 0.6) is 0 Å². The molecule has 2 fully saturated rings. The van der Waals surface area contributed by atoms with Crippen molar-refractivity contribution in [1.29, 1.82) is 0 Å². The molecule has 0 saturated heterocycles. The van der Waals surface area contributed by atoms with Gasteiger partial charge in [0.1, 0.15) is 17.6 Å². The molecule has 0 amide bonds. The second kappa shape index (κ2) is 12.6. The smallest absolute Gasteiger partial charge is 0.306 e. The van der Waals surface area contributed by atoms with E-state index in [1.165, 1.54) is 24.8 Å². The Labute approximate surface area is 239 Å². The first-order chi connectivity index (χ1) is 18.5. The van der Waals surface area contributed by atoms with E-state index in [9.17, 15) is 9.90 Å². The Balaban J connectivity index is 1.53. The van der Waals surface area contributed by atoms with Crippen molar-refractivity contribution in [3.63, 3.8) is 0 Å². The van der Waals surface area contributed by atoms with Crippen molar-refractivity contribution in [2.24, 2.45) is 11.8 Å². The summed E-state index contributed by atoms with van der Waals surface area (Å²) < 4.78 is 11.8. The van der Waals surface area contributed by atoms with Crippen LogP contribution in [0.3, 0.4) is 0 Å². The fraction of sp³-hybridized carbons (Fsp3) is 0.688. The minimum atomic E-state index is -0.919. The van der Waals surface area contributed by atoms with Crippen LogP contribution in [0.15, 0.2) is 22.7 Å². The van der Waals surface area contributed by atoms with Gasteiger partial charge in [0.25, 0.3) is 0 Å². The number of rotatable bonds is 13. The maximum absolute atomic E-state index is 13.0. The second-order valence-corrected chi connectivity index (χ2v) is 13.3. The number of benzene rings is 1. The molecule has 216 valence electrons. The third-order valence-corrected chi connectivity index (χ3v) is 8.68. The van der Waals surface area contributed by atoms with Crippen LogP contribution in [0, 0.1) is 18.8 Å². The van der Waals surface area contributed by atoms with E-state index in [2.05, 4.69) is 24.3 Å². The maximum atomic E-state index is 13.0. The lowest BCUT2D eigenvalue weighted by Gasteiger charge is -2.36. The molecule has 39 heavy (non-hydrogen) atoms. The number of ether oxygens (including phenoxy) is 1. The number of aromatic nitrogens is 1. The van der Waals surface area contributed by atoms with Gasteiger partial charge in [-0.2, -0.15) is 0 Å². The molecule has 0 radical (unpaired) electrons. The van der Waals surface area contributed by atoms with Gasteiger partial charge in [-0.3, -0.25) is 4.79 Å². The average molecular weight is 559 g/mol. The monoisotopic (exact) mass is 558 g/mol. The van der Waals surface area contributed by atoms with Crippen molar-refractivity contribution in [2.75, 3.05) is 5.32 Å². The van der Waals surface area contributed by atoms with Gasteiger partial charge in [-0.1, -0.05) is 49.5 Å².